The Balaban J connectivity index is 2.00. The molecule has 0 heterocycles. The maximum atomic E-state index is 13.1. The number of amides is 1. The van der Waals surface area contributed by atoms with Crippen molar-refractivity contribution in [2.75, 3.05) is 0 Å². The summed E-state index contributed by atoms with van der Waals surface area (Å²) in [4.78, 5) is 10.7. The summed E-state index contributed by atoms with van der Waals surface area (Å²) >= 11 is 0. The average molecular weight is 324 g/mol. The number of hydrogen-bond donors (Lipinski definition) is 4. The summed E-state index contributed by atoms with van der Waals surface area (Å²) in [6.07, 6.45) is 2.22. The summed E-state index contributed by atoms with van der Waals surface area (Å²) < 4.78 is 13.1. The summed E-state index contributed by atoms with van der Waals surface area (Å²) in [7, 11) is 0. The van der Waals surface area contributed by atoms with Gasteiger partial charge in [-0.3, -0.25) is 0 Å². The Morgan fingerprint density at radius 1 is 1.17 bits per heavy atom. The lowest BCUT2D eigenvalue weighted by molar-refractivity contribution is 0.0296. The normalized spacial score (nSPS) is 23.3. The van der Waals surface area contributed by atoms with Crippen LogP contribution in [0.2, 0.25) is 0 Å². The zero-order valence-electron chi connectivity index (χ0n) is 13.6. The molecule has 4 N–H and O–H groups in total. The molecule has 5 nitrogen and oxygen atoms in total. The lowest BCUT2D eigenvalue weighted by Gasteiger charge is -2.37. The standard InChI is InChI=1S/C17H25FN2O3/c1-17(2,23)15(11-3-5-12(18)6-4-11)19-13-7-9-14(10-8-13)20-16(21)22/h3-6,13-15,19-20,23H,7-10H2,1-2H3,(H,21,22). The second kappa shape index (κ2) is 7.27. The summed E-state index contributed by atoms with van der Waals surface area (Å²) in [5.41, 5.74) is -0.154. The Morgan fingerprint density at radius 3 is 2.17 bits per heavy atom. The molecule has 1 amide bonds. The molecule has 0 saturated heterocycles. The van der Waals surface area contributed by atoms with Gasteiger partial charge >= 0.3 is 6.09 Å². The van der Waals surface area contributed by atoms with Crippen LogP contribution >= 0.6 is 0 Å². The number of rotatable bonds is 5. The molecule has 1 unspecified atom stereocenters. The second-order valence-corrected chi connectivity index (χ2v) is 6.80. The van der Waals surface area contributed by atoms with Gasteiger partial charge in [-0.15, -0.1) is 0 Å². The summed E-state index contributed by atoms with van der Waals surface area (Å²) in [5.74, 6) is -0.302. The Labute approximate surface area is 135 Å². The van der Waals surface area contributed by atoms with Gasteiger partial charge in [0.15, 0.2) is 0 Å². The molecule has 23 heavy (non-hydrogen) atoms. The fourth-order valence-corrected chi connectivity index (χ4v) is 3.18. The van der Waals surface area contributed by atoms with Crippen molar-refractivity contribution in [1.82, 2.24) is 10.6 Å². The summed E-state index contributed by atoms with van der Waals surface area (Å²) in [5, 5.41) is 25.2. The number of aliphatic hydroxyl groups is 1. The van der Waals surface area contributed by atoms with Crippen molar-refractivity contribution in [3.8, 4) is 0 Å². The molecule has 0 aliphatic heterocycles. The molecule has 0 spiro atoms. The van der Waals surface area contributed by atoms with Gasteiger partial charge in [0.1, 0.15) is 5.82 Å². The van der Waals surface area contributed by atoms with E-state index < -0.39 is 11.7 Å². The number of benzene rings is 1. The van der Waals surface area contributed by atoms with E-state index >= 15 is 0 Å². The fourth-order valence-electron chi connectivity index (χ4n) is 3.18. The van der Waals surface area contributed by atoms with Crippen molar-refractivity contribution in [1.29, 1.82) is 0 Å². The molecule has 1 atom stereocenters. The third kappa shape index (κ3) is 5.18. The molecule has 0 radical (unpaired) electrons. The van der Waals surface area contributed by atoms with E-state index in [0.29, 0.717) is 0 Å². The molecular weight excluding hydrogens is 299 g/mol. The van der Waals surface area contributed by atoms with Crippen LogP contribution in [0.1, 0.15) is 51.1 Å². The van der Waals surface area contributed by atoms with E-state index in [0.717, 1.165) is 31.2 Å². The first-order chi connectivity index (χ1) is 10.8. The average Bonchev–Trinajstić information content (AvgIpc) is 2.46. The SMILES string of the molecule is CC(C)(O)C(NC1CCC(NC(=O)O)CC1)c1ccc(F)cc1. The number of halogens is 1. The maximum Gasteiger partial charge on any atom is 0.404 e. The quantitative estimate of drug-likeness (QED) is 0.671. The van der Waals surface area contributed by atoms with E-state index in [4.69, 9.17) is 5.11 Å². The van der Waals surface area contributed by atoms with E-state index in [-0.39, 0.29) is 23.9 Å². The van der Waals surface area contributed by atoms with E-state index in [2.05, 4.69) is 10.6 Å². The highest BCUT2D eigenvalue weighted by Gasteiger charge is 2.32. The zero-order chi connectivity index (χ0) is 17.0. The third-order valence-corrected chi connectivity index (χ3v) is 4.37. The molecule has 0 aromatic heterocycles. The zero-order valence-corrected chi connectivity index (χ0v) is 13.6. The van der Waals surface area contributed by atoms with Crippen LogP contribution in [0.3, 0.4) is 0 Å². The van der Waals surface area contributed by atoms with Crippen LogP contribution < -0.4 is 10.6 Å². The highest BCUT2D eigenvalue weighted by atomic mass is 19.1. The molecule has 1 aromatic carbocycles. The van der Waals surface area contributed by atoms with Gasteiger partial charge in [-0.05, 0) is 57.2 Å². The Morgan fingerprint density at radius 2 is 1.70 bits per heavy atom. The Bertz CT molecular complexity index is 520. The number of nitrogens with one attached hydrogen (secondary N) is 2. The molecule has 6 heteroatoms. The Kier molecular flexibility index (Phi) is 5.59. The highest BCUT2D eigenvalue weighted by molar-refractivity contribution is 5.64. The molecule has 1 fully saturated rings. The van der Waals surface area contributed by atoms with E-state index in [1.807, 2.05) is 0 Å². The first-order valence-electron chi connectivity index (χ1n) is 7.99. The lowest BCUT2D eigenvalue weighted by atomic mass is 9.87. The largest absolute Gasteiger partial charge is 0.465 e. The van der Waals surface area contributed by atoms with Crippen LogP contribution in [-0.4, -0.2) is 34.0 Å². The van der Waals surface area contributed by atoms with Crippen LogP contribution in [0.5, 0.6) is 0 Å². The van der Waals surface area contributed by atoms with Crippen LogP contribution in [0.25, 0.3) is 0 Å². The second-order valence-electron chi connectivity index (χ2n) is 6.80. The first kappa shape index (κ1) is 17.7. The van der Waals surface area contributed by atoms with Gasteiger partial charge in [0.05, 0.1) is 11.6 Å². The predicted octanol–water partition coefficient (Wildman–Crippen LogP) is 2.81. The maximum absolute atomic E-state index is 13.1. The van der Waals surface area contributed by atoms with Gasteiger partial charge in [0.25, 0.3) is 0 Å². The van der Waals surface area contributed by atoms with Gasteiger partial charge < -0.3 is 20.8 Å². The minimum Gasteiger partial charge on any atom is -0.465 e. The van der Waals surface area contributed by atoms with Crippen molar-refractivity contribution in [2.45, 2.75) is 63.3 Å². The monoisotopic (exact) mass is 324 g/mol. The minimum absolute atomic E-state index is 0.00282. The molecule has 0 bridgehead atoms. The van der Waals surface area contributed by atoms with E-state index in [9.17, 15) is 14.3 Å². The first-order valence-corrected chi connectivity index (χ1v) is 7.99. The molecule has 1 aliphatic carbocycles. The Hall–Kier alpha value is -1.66. The molecule has 2 rings (SSSR count). The van der Waals surface area contributed by atoms with Gasteiger partial charge in [0, 0.05) is 12.1 Å². The van der Waals surface area contributed by atoms with Crippen molar-refractivity contribution in [2.24, 2.45) is 0 Å². The molecule has 1 aliphatic rings. The predicted molar refractivity (Wildman–Crippen MR) is 85.8 cm³/mol. The van der Waals surface area contributed by atoms with Crippen molar-refractivity contribution in [3.63, 3.8) is 0 Å². The van der Waals surface area contributed by atoms with Crippen molar-refractivity contribution in [3.05, 3.63) is 35.6 Å². The van der Waals surface area contributed by atoms with Gasteiger partial charge in [0.2, 0.25) is 0 Å². The fraction of sp³-hybridized carbons (Fsp3) is 0.588. The van der Waals surface area contributed by atoms with Crippen molar-refractivity contribution < 1.29 is 19.4 Å². The van der Waals surface area contributed by atoms with Gasteiger partial charge in [-0.2, -0.15) is 0 Å². The summed E-state index contributed by atoms with van der Waals surface area (Å²) in [6, 6.07) is 6.04. The van der Waals surface area contributed by atoms with Gasteiger partial charge in [-0.1, -0.05) is 12.1 Å². The third-order valence-electron chi connectivity index (χ3n) is 4.37. The molecule has 1 saturated carbocycles. The van der Waals surface area contributed by atoms with Crippen LogP contribution in [0.4, 0.5) is 9.18 Å². The van der Waals surface area contributed by atoms with Crippen LogP contribution in [0.15, 0.2) is 24.3 Å². The van der Waals surface area contributed by atoms with Crippen LogP contribution in [0, 0.1) is 5.82 Å². The van der Waals surface area contributed by atoms with E-state index in [1.54, 1.807) is 26.0 Å². The smallest absolute Gasteiger partial charge is 0.404 e. The molecular formula is C17H25FN2O3. The van der Waals surface area contributed by atoms with Crippen LogP contribution in [-0.2, 0) is 0 Å². The lowest BCUT2D eigenvalue weighted by Crippen LogP contribution is -2.47. The molecule has 1 aromatic rings. The number of carboxylic acid groups (broad SMARTS) is 1. The highest BCUT2D eigenvalue weighted by Crippen LogP contribution is 2.29. The topological polar surface area (TPSA) is 81.6 Å². The summed E-state index contributed by atoms with van der Waals surface area (Å²) in [6.45, 7) is 3.46. The minimum atomic E-state index is -0.992. The number of hydrogen-bond acceptors (Lipinski definition) is 3. The van der Waals surface area contributed by atoms with Gasteiger partial charge in [-0.25, -0.2) is 9.18 Å². The van der Waals surface area contributed by atoms with E-state index in [1.165, 1.54) is 12.1 Å². The molecule has 128 valence electrons. The number of carbonyl (C=O) groups is 1. The van der Waals surface area contributed by atoms with Crippen molar-refractivity contribution >= 4 is 6.09 Å².